The molecular weight excluding hydrogens is 292 g/mol. The van der Waals surface area contributed by atoms with Gasteiger partial charge in [0, 0.05) is 26.1 Å². The van der Waals surface area contributed by atoms with E-state index in [1.54, 1.807) is 0 Å². The second kappa shape index (κ2) is 12.2. The zero-order valence-electron chi connectivity index (χ0n) is 12.9. The second-order valence-electron chi connectivity index (χ2n) is 4.95. The zero-order valence-corrected chi connectivity index (χ0v) is 13.8. The Kier molecular flexibility index (Phi) is 10.9. The molecule has 0 unspecified atom stereocenters. The van der Waals surface area contributed by atoms with E-state index in [9.17, 15) is 4.79 Å². The first kappa shape index (κ1) is 18.7. The van der Waals surface area contributed by atoms with E-state index in [0.29, 0.717) is 52.1 Å². The third-order valence-electron chi connectivity index (χ3n) is 3.26. The summed E-state index contributed by atoms with van der Waals surface area (Å²) in [5.74, 6) is 0.0516. The SMILES string of the molecule is CCC(=O)NCCOCCOCCOC1CCN(S)CC1. The molecule has 0 atom stereocenters. The number of carbonyl (C=O) groups is 1. The molecule has 124 valence electrons. The van der Waals surface area contributed by atoms with E-state index in [-0.39, 0.29) is 5.91 Å². The third-order valence-corrected chi connectivity index (χ3v) is 3.66. The van der Waals surface area contributed by atoms with Crippen LogP contribution in [-0.4, -0.2) is 69.0 Å². The number of thiol groups is 1. The van der Waals surface area contributed by atoms with Gasteiger partial charge in [-0.05, 0) is 12.8 Å². The highest BCUT2D eigenvalue weighted by atomic mass is 32.1. The normalized spacial score (nSPS) is 17.0. The molecule has 0 aromatic rings. The number of rotatable bonds is 11. The fourth-order valence-corrected chi connectivity index (χ4v) is 2.22. The Balaban J connectivity index is 1.77. The van der Waals surface area contributed by atoms with Crippen LogP contribution in [-0.2, 0) is 19.0 Å². The average molecular weight is 320 g/mol. The molecule has 7 heteroatoms. The van der Waals surface area contributed by atoms with Crippen molar-refractivity contribution >= 4 is 18.7 Å². The molecule has 0 saturated carbocycles. The Labute approximate surface area is 133 Å². The number of piperidine rings is 1. The molecule has 0 radical (unpaired) electrons. The molecule has 0 aromatic heterocycles. The van der Waals surface area contributed by atoms with Gasteiger partial charge in [0.2, 0.25) is 5.91 Å². The molecule has 0 spiro atoms. The van der Waals surface area contributed by atoms with Crippen LogP contribution < -0.4 is 5.32 Å². The Morgan fingerprint density at radius 2 is 1.76 bits per heavy atom. The number of ether oxygens (including phenoxy) is 3. The van der Waals surface area contributed by atoms with Gasteiger partial charge in [-0.2, -0.15) is 0 Å². The van der Waals surface area contributed by atoms with E-state index in [4.69, 9.17) is 14.2 Å². The van der Waals surface area contributed by atoms with Crippen molar-refractivity contribution in [2.75, 3.05) is 52.7 Å². The largest absolute Gasteiger partial charge is 0.377 e. The average Bonchev–Trinajstić information content (AvgIpc) is 2.50. The van der Waals surface area contributed by atoms with Crippen molar-refractivity contribution in [2.24, 2.45) is 0 Å². The Morgan fingerprint density at radius 3 is 2.43 bits per heavy atom. The van der Waals surface area contributed by atoms with E-state index in [1.807, 2.05) is 11.2 Å². The van der Waals surface area contributed by atoms with Gasteiger partial charge in [0.1, 0.15) is 0 Å². The topological polar surface area (TPSA) is 60.0 Å². The predicted molar refractivity (Wildman–Crippen MR) is 84.5 cm³/mol. The molecule has 0 aromatic carbocycles. The van der Waals surface area contributed by atoms with E-state index >= 15 is 0 Å². The fraction of sp³-hybridized carbons (Fsp3) is 0.929. The van der Waals surface area contributed by atoms with Crippen LogP contribution >= 0.6 is 12.8 Å². The van der Waals surface area contributed by atoms with Crippen LogP contribution in [0.5, 0.6) is 0 Å². The highest BCUT2D eigenvalue weighted by molar-refractivity contribution is 7.77. The van der Waals surface area contributed by atoms with Gasteiger partial charge in [-0.1, -0.05) is 19.7 Å². The first-order chi connectivity index (χ1) is 10.2. The molecule has 21 heavy (non-hydrogen) atoms. The third kappa shape index (κ3) is 10.1. The van der Waals surface area contributed by atoms with Crippen molar-refractivity contribution < 1.29 is 19.0 Å². The minimum absolute atomic E-state index is 0.0516. The van der Waals surface area contributed by atoms with Crippen molar-refractivity contribution in [3.8, 4) is 0 Å². The Morgan fingerprint density at radius 1 is 1.14 bits per heavy atom. The molecule has 1 saturated heterocycles. The molecule has 6 nitrogen and oxygen atoms in total. The molecule has 1 fully saturated rings. The van der Waals surface area contributed by atoms with Crippen LogP contribution in [0.2, 0.25) is 0 Å². The molecule has 1 aliphatic rings. The minimum atomic E-state index is 0.0516. The number of nitrogens with zero attached hydrogens (tertiary/aromatic N) is 1. The smallest absolute Gasteiger partial charge is 0.219 e. The first-order valence-electron chi connectivity index (χ1n) is 7.70. The van der Waals surface area contributed by atoms with Gasteiger partial charge in [0.15, 0.2) is 0 Å². The first-order valence-corrected chi connectivity index (χ1v) is 8.10. The summed E-state index contributed by atoms with van der Waals surface area (Å²) in [5, 5.41) is 2.75. The zero-order chi connectivity index (χ0) is 15.3. The molecule has 1 rings (SSSR count). The lowest BCUT2D eigenvalue weighted by Crippen LogP contribution is -2.32. The molecule has 1 N–H and O–H groups in total. The minimum Gasteiger partial charge on any atom is -0.377 e. The van der Waals surface area contributed by atoms with Gasteiger partial charge in [0.05, 0.1) is 39.1 Å². The number of carbonyl (C=O) groups excluding carboxylic acids is 1. The lowest BCUT2D eigenvalue weighted by molar-refractivity contribution is -0.121. The van der Waals surface area contributed by atoms with Gasteiger partial charge < -0.3 is 19.5 Å². The van der Waals surface area contributed by atoms with Crippen molar-refractivity contribution in [3.05, 3.63) is 0 Å². The molecule has 0 aliphatic carbocycles. The summed E-state index contributed by atoms with van der Waals surface area (Å²) >= 11 is 4.31. The van der Waals surface area contributed by atoms with E-state index in [1.165, 1.54) is 0 Å². The molecule has 1 amide bonds. The quantitative estimate of drug-likeness (QED) is 0.437. The van der Waals surface area contributed by atoms with Crippen LogP contribution in [0.25, 0.3) is 0 Å². The van der Waals surface area contributed by atoms with Gasteiger partial charge >= 0.3 is 0 Å². The van der Waals surface area contributed by atoms with Gasteiger partial charge in [-0.25, -0.2) is 0 Å². The maximum Gasteiger partial charge on any atom is 0.219 e. The van der Waals surface area contributed by atoms with Crippen molar-refractivity contribution in [2.45, 2.75) is 32.3 Å². The summed E-state index contributed by atoms with van der Waals surface area (Å²) < 4.78 is 18.5. The molecule has 1 heterocycles. The molecule has 1 aliphatic heterocycles. The van der Waals surface area contributed by atoms with Crippen LogP contribution in [0, 0.1) is 0 Å². The van der Waals surface area contributed by atoms with E-state index < -0.39 is 0 Å². The summed E-state index contributed by atoms with van der Waals surface area (Å²) in [6, 6.07) is 0. The van der Waals surface area contributed by atoms with E-state index in [0.717, 1.165) is 25.9 Å². The maximum absolute atomic E-state index is 11.0. The van der Waals surface area contributed by atoms with Crippen molar-refractivity contribution in [1.29, 1.82) is 0 Å². The standard InChI is InChI=1S/C14H28N2O4S/c1-2-14(17)15-5-8-18-9-10-19-11-12-20-13-3-6-16(21)7-4-13/h13,21H,2-12H2,1H3,(H,15,17). The summed E-state index contributed by atoms with van der Waals surface area (Å²) in [6.45, 7) is 7.19. The number of hydrogen-bond donors (Lipinski definition) is 2. The predicted octanol–water partition coefficient (Wildman–Crippen LogP) is 0.872. The fourth-order valence-electron chi connectivity index (χ4n) is 1.99. The van der Waals surface area contributed by atoms with Gasteiger partial charge in [0.25, 0.3) is 0 Å². The van der Waals surface area contributed by atoms with Gasteiger partial charge in [-0.3, -0.25) is 9.10 Å². The molecule has 0 bridgehead atoms. The highest BCUT2D eigenvalue weighted by Gasteiger charge is 2.17. The highest BCUT2D eigenvalue weighted by Crippen LogP contribution is 2.14. The molecular formula is C14H28N2O4S. The monoisotopic (exact) mass is 320 g/mol. The summed E-state index contributed by atoms with van der Waals surface area (Å²) in [6.07, 6.45) is 2.93. The lowest BCUT2D eigenvalue weighted by Gasteiger charge is -2.27. The summed E-state index contributed by atoms with van der Waals surface area (Å²) in [5.41, 5.74) is 0. The van der Waals surface area contributed by atoms with Crippen LogP contribution in [0.15, 0.2) is 0 Å². The number of nitrogens with one attached hydrogen (secondary N) is 1. The van der Waals surface area contributed by atoms with Crippen LogP contribution in [0.1, 0.15) is 26.2 Å². The Hall–Kier alpha value is -0.340. The summed E-state index contributed by atoms with van der Waals surface area (Å²) in [7, 11) is 0. The second-order valence-corrected chi connectivity index (χ2v) is 5.52. The summed E-state index contributed by atoms with van der Waals surface area (Å²) in [4.78, 5) is 11.0. The lowest BCUT2D eigenvalue weighted by atomic mass is 10.1. The van der Waals surface area contributed by atoms with Crippen molar-refractivity contribution in [3.63, 3.8) is 0 Å². The van der Waals surface area contributed by atoms with Crippen LogP contribution in [0.3, 0.4) is 0 Å². The van der Waals surface area contributed by atoms with E-state index in [2.05, 4.69) is 18.1 Å². The van der Waals surface area contributed by atoms with Crippen molar-refractivity contribution in [1.82, 2.24) is 9.62 Å². The maximum atomic E-state index is 11.0. The van der Waals surface area contributed by atoms with Crippen LogP contribution in [0.4, 0.5) is 0 Å². The number of hydrogen-bond acceptors (Lipinski definition) is 6. The van der Waals surface area contributed by atoms with Gasteiger partial charge in [-0.15, -0.1) is 0 Å². The number of amides is 1. The Bertz CT molecular complexity index is 274.